The Labute approximate surface area is 198 Å². The molecule has 5 rings (SSSR count). The third-order valence-electron chi connectivity index (χ3n) is 6.34. The van der Waals surface area contributed by atoms with Crippen LogP contribution < -0.4 is 20.9 Å². The van der Waals surface area contributed by atoms with E-state index in [9.17, 15) is 10.1 Å². The van der Waals surface area contributed by atoms with Gasteiger partial charge in [0.1, 0.15) is 23.3 Å². The van der Waals surface area contributed by atoms with E-state index in [1.54, 1.807) is 4.52 Å². The number of fused-ring (bicyclic) bond motifs is 1. The molecule has 3 heterocycles. The fraction of sp³-hybridized carbons (Fsp3) is 0.417. The van der Waals surface area contributed by atoms with E-state index in [4.69, 9.17) is 0 Å². The first-order valence-electron chi connectivity index (χ1n) is 11.6. The van der Waals surface area contributed by atoms with Crippen molar-refractivity contribution in [3.05, 3.63) is 36.0 Å². The number of aromatic nitrogens is 3. The molecule has 3 aromatic rings. The Hall–Kier alpha value is -3.84. The van der Waals surface area contributed by atoms with Crippen molar-refractivity contribution in [3.8, 4) is 6.07 Å². The fourth-order valence-corrected chi connectivity index (χ4v) is 4.35. The van der Waals surface area contributed by atoms with Gasteiger partial charge in [-0.3, -0.25) is 4.79 Å². The van der Waals surface area contributed by atoms with E-state index in [2.05, 4.69) is 56.0 Å². The molecule has 1 aliphatic heterocycles. The molecule has 1 atom stereocenters. The van der Waals surface area contributed by atoms with Gasteiger partial charge in [0.25, 0.3) is 0 Å². The molecule has 176 valence electrons. The fourth-order valence-electron chi connectivity index (χ4n) is 4.35. The number of hydrogen-bond donors (Lipinski definition) is 3. The summed E-state index contributed by atoms with van der Waals surface area (Å²) < 4.78 is 1.67. The molecule has 0 spiro atoms. The highest BCUT2D eigenvalue weighted by Crippen LogP contribution is 2.34. The molecule has 1 aliphatic carbocycles. The number of likely N-dealkylation sites (N-methyl/N-ethyl adjacent to an activating group) is 1. The number of nitrogens with zero attached hydrogens (tertiary/aromatic N) is 6. The van der Waals surface area contributed by atoms with Crippen molar-refractivity contribution in [1.82, 2.24) is 19.5 Å². The van der Waals surface area contributed by atoms with Gasteiger partial charge in [0.05, 0.1) is 17.6 Å². The third-order valence-corrected chi connectivity index (χ3v) is 6.34. The van der Waals surface area contributed by atoms with Crippen LogP contribution in [0.25, 0.3) is 5.65 Å². The first kappa shape index (κ1) is 22.0. The van der Waals surface area contributed by atoms with Crippen LogP contribution in [0.3, 0.4) is 0 Å². The summed E-state index contributed by atoms with van der Waals surface area (Å²) in [5.74, 6) is 1.28. The van der Waals surface area contributed by atoms with Gasteiger partial charge in [-0.05, 0) is 51.6 Å². The monoisotopic (exact) mass is 459 g/mol. The summed E-state index contributed by atoms with van der Waals surface area (Å²) in [7, 11) is 4.20. The highest BCUT2D eigenvalue weighted by molar-refractivity contribution is 5.94. The van der Waals surface area contributed by atoms with Crippen LogP contribution >= 0.6 is 0 Å². The molecule has 1 saturated carbocycles. The van der Waals surface area contributed by atoms with Crippen LogP contribution in [-0.2, 0) is 4.79 Å². The molecule has 1 saturated heterocycles. The Morgan fingerprint density at radius 3 is 2.74 bits per heavy atom. The summed E-state index contributed by atoms with van der Waals surface area (Å²) in [5.41, 5.74) is 3.48. The Morgan fingerprint density at radius 1 is 1.24 bits per heavy atom. The molecule has 2 fully saturated rings. The van der Waals surface area contributed by atoms with Gasteiger partial charge in [-0.15, -0.1) is 0 Å². The maximum Gasteiger partial charge on any atom is 0.221 e. The molecule has 0 unspecified atom stereocenters. The molecule has 10 heteroatoms. The summed E-state index contributed by atoms with van der Waals surface area (Å²) in [6.45, 7) is 3.37. The van der Waals surface area contributed by atoms with Crippen LogP contribution in [0.5, 0.6) is 0 Å². The zero-order valence-electron chi connectivity index (χ0n) is 19.7. The van der Waals surface area contributed by atoms with E-state index < -0.39 is 0 Å². The number of hydrogen-bond acceptors (Lipinski definition) is 8. The predicted molar refractivity (Wildman–Crippen MR) is 133 cm³/mol. The molecule has 1 amide bonds. The maximum atomic E-state index is 11.9. The second kappa shape index (κ2) is 8.83. The van der Waals surface area contributed by atoms with Crippen molar-refractivity contribution in [3.63, 3.8) is 0 Å². The summed E-state index contributed by atoms with van der Waals surface area (Å²) >= 11 is 0. The van der Waals surface area contributed by atoms with Crippen molar-refractivity contribution in [2.24, 2.45) is 0 Å². The maximum absolute atomic E-state index is 11.9. The van der Waals surface area contributed by atoms with E-state index >= 15 is 0 Å². The number of anilines is 5. The van der Waals surface area contributed by atoms with Gasteiger partial charge in [0.15, 0.2) is 5.65 Å². The van der Waals surface area contributed by atoms with Gasteiger partial charge in [0.2, 0.25) is 5.91 Å². The van der Waals surface area contributed by atoms with Crippen LogP contribution in [0, 0.1) is 11.3 Å². The largest absolute Gasteiger partial charge is 0.368 e. The molecule has 2 aromatic heterocycles. The van der Waals surface area contributed by atoms with Gasteiger partial charge in [-0.1, -0.05) is 0 Å². The minimum absolute atomic E-state index is 0.116. The Balaban J connectivity index is 1.46. The highest BCUT2D eigenvalue weighted by Gasteiger charge is 2.26. The quantitative estimate of drug-likeness (QED) is 0.494. The van der Waals surface area contributed by atoms with Crippen molar-refractivity contribution < 1.29 is 4.79 Å². The molecule has 0 radical (unpaired) electrons. The number of carbonyl (C=O) groups is 1. The average Bonchev–Trinajstić information content (AvgIpc) is 3.30. The molecule has 1 aromatic carbocycles. The van der Waals surface area contributed by atoms with E-state index in [0.29, 0.717) is 29.1 Å². The first-order valence-corrected chi connectivity index (χ1v) is 11.6. The molecular formula is C24H29N9O. The lowest BCUT2D eigenvalue weighted by Gasteiger charge is -2.24. The zero-order chi connectivity index (χ0) is 23.8. The minimum atomic E-state index is -0.116. The highest BCUT2D eigenvalue weighted by atomic mass is 16.1. The molecule has 10 nitrogen and oxygen atoms in total. The smallest absolute Gasteiger partial charge is 0.221 e. The van der Waals surface area contributed by atoms with Crippen LogP contribution in [0.1, 0.15) is 31.7 Å². The van der Waals surface area contributed by atoms with Crippen LogP contribution in [0.4, 0.5) is 28.7 Å². The Morgan fingerprint density at radius 2 is 2.06 bits per heavy atom. The molecule has 34 heavy (non-hydrogen) atoms. The van der Waals surface area contributed by atoms with E-state index in [1.165, 1.54) is 13.1 Å². The van der Waals surface area contributed by atoms with E-state index in [0.717, 1.165) is 55.2 Å². The topological polar surface area (TPSA) is 114 Å². The standard InChI is InChI=1S/C24H29N9O/c1-15(34)27-20-10-18(6-7-21(20)32-9-8-19(14-32)31(2)3)28-22-11-23(29-17-4-5-17)33-24(30-22)16(12-25)13-26-33/h6-7,10-11,13,17,19,29H,4-5,8-9,14H2,1-3H3,(H,27,34)(H,28,30)/t19-/m1/s1. The molecule has 2 aliphatic rings. The molecule has 0 bridgehead atoms. The minimum Gasteiger partial charge on any atom is -0.368 e. The molecular weight excluding hydrogens is 430 g/mol. The van der Waals surface area contributed by atoms with Crippen molar-refractivity contribution in [1.29, 1.82) is 5.26 Å². The molecule has 3 N–H and O–H groups in total. The second-order valence-corrected chi connectivity index (χ2v) is 9.24. The van der Waals surface area contributed by atoms with Crippen molar-refractivity contribution in [2.45, 2.75) is 38.3 Å². The predicted octanol–water partition coefficient (Wildman–Crippen LogP) is 3.02. The normalized spacial score (nSPS) is 17.7. The summed E-state index contributed by atoms with van der Waals surface area (Å²) in [4.78, 5) is 21.1. The van der Waals surface area contributed by atoms with Gasteiger partial charge in [0, 0.05) is 43.9 Å². The zero-order valence-corrected chi connectivity index (χ0v) is 19.7. The van der Waals surface area contributed by atoms with Gasteiger partial charge < -0.3 is 25.8 Å². The van der Waals surface area contributed by atoms with Crippen LogP contribution in [0.15, 0.2) is 30.5 Å². The number of carbonyl (C=O) groups excluding carboxylic acids is 1. The number of nitriles is 1. The lowest BCUT2D eigenvalue weighted by molar-refractivity contribution is -0.114. The van der Waals surface area contributed by atoms with Crippen LogP contribution in [-0.4, -0.2) is 64.7 Å². The summed E-state index contributed by atoms with van der Waals surface area (Å²) in [6, 6.07) is 10.9. The lowest BCUT2D eigenvalue weighted by atomic mass is 10.2. The Kier molecular flexibility index (Phi) is 5.71. The second-order valence-electron chi connectivity index (χ2n) is 9.24. The first-order chi connectivity index (χ1) is 16.4. The van der Waals surface area contributed by atoms with Crippen LogP contribution in [0.2, 0.25) is 0 Å². The van der Waals surface area contributed by atoms with Gasteiger partial charge in [-0.2, -0.15) is 14.9 Å². The number of rotatable bonds is 7. The number of amides is 1. The van der Waals surface area contributed by atoms with E-state index in [1.807, 2.05) is 24.3 Å². The average molecular weight is 460 g/mol. The lowest BCUT2D eigenvalue weighted by Crippen LogP contribution is -2.31. The van der Waals surface area contributed by atoms with E-state index in [-0.39, 0.29) is 5.91 Å². The SMILES string of the molecule is CC(=O)Nc1cc(Nc2cc(NC3CC3)n3ncc(C#N)c3n2)ccc1N1CC[C@@H](N(C)C)C1. The summed E-state index contributed by atoms with van der Waals surface area (Å²) in [6.07, 6.45) is 4.85. The third kappa shape index (κ3) is 4.47. The Bertz CT molecular complexity index is 1270. The van der Waals surface area contributed by atoms with Crippen molar-refractivity contribution >= 4 is 40.3 Å². The van der Waals surface area contributed by atoms with Gasteiger partial charge >= 0.3 is 0 Å². The van der Waals surface area contributed by atoms with Gasteiger partial charge in [-0.25, -0.2) is 4.98 Å². The number of benzene rings is 1. The van der Waals surface area contributed by atoms with Crippen molar-refractivity contribution in [2.75, 3.05) is 48.0 Å². The number of nitrogens with one attached hydrogen (secondary N) is 3. The summed E-state index contributed by atoms with van der Waals surface area (Å²) in [5, 5.41) is 23.6.